The summed E-state index contributed by atoms with van der Waals surface area (Å²) in [5.74, 6) is 0.0549. The molecule has 1 amide bonds. The number of hydrogen-bond donors (Lipinski definition) is 3. The highest BCUT2D eigenvalue weighted by atomic mass is 32.2. The molecule has 1 aliphatic carbocycles. The van der Waals surface area contributed by atoms with E-state index in [1.807, 2.05) is 6.92 Å². The van der Waals surface area contributed by atoms with Gasteiger partial charge in [-0.15, -0.1) is 0 Å². The van der Waals surface area contributed by atoms with Crippen molar-refractivity contribution in [3.8, 4) is 0 Å². The van der Waals surface area contributed by atoms with Gasteiger partial charge in [-0.1, -0.05) is 6.42 Å². The summed E-state index contributed by atoms with van der Waals surface area (Å²) in [6.07, 6.45) is 3.33. The van der Waals surface area contributed by atoms with Gasteiger partial charge in [-0.05, 0) is 55.9 Å². The number of nitrogens with one attached hydrogen (secondary N) is 1. The summed E-state index contributed by atoms with van der Waals surface area (Å²) < 4.78 is 23.0. The highest BCUT2D eigenvalue weighted by molar-refractivity contribution is 7.89. The first kappa shape index (κ1) is 16.9. The number of nitrogens with two attached hydrogens (primary N) is 2. The van der Waals surface area contributed by atoms with Gasteiger partial charge in [-0.3, -0.25) is 4.79 Å². The number of carbonyl (C=O) groups is 1. The van der Waals surface area contributed by atoms with Crippen molar-refractivity contribution in [3.63, 3.8) is 0 Å². The van der Waals surface area contributed by atoms with Gasteiger partial charge < -0.3 is 11.1 Å². The highest BCUT2D eigenvalue weighted by Gasteiger charge is 2.26. The molecule has 2 rings (SSSR count). The molecule has 122 valence electrons. The molecule has 1 aliphatic rings. The van der Waals surface area contributed by atoms with Crippen molar-refractivity contribution in [1.29, 1.82) is 0 Å². The van der Waals surface area contributed by atoms with Crippen LogP contribution < -0.4 is 16.2 Å². The fourth-order valence-corrected chi connectivity index (χ4v) is 3.50. The average Bonchev–Trinajstić information content (AvgIpc) is 2.79. The molecular formula is C15H23N3O3S. The van der Waals surface area contributed by atoms with Crippen molar-refractivity contribution in [1.82, 2.24) is 0 Å². The third-order valence-electron chi connectivity index (χ3n) is 4.41. The van der Waals surface area contributed by atoms with Gasteiger partial charge in [0.25, 0.3) is 0 Å². The van der Waals surface area contributed by atoms with E-state index in [1.165, 1.54) is 12.1 Å². The third-order valence-corrected chi connectivity index (χ3v) is 5.30. The van der Waals surface area contributed by atoms with E-state index in [1.54, 1.807) is 6.92 Å². The molecule has 0 heterocycles. The minimum atomic E-state index is -3.80. The van der Waals surface area contributed by atoms with E-state index in [9.17, 15) is 13.2 Å². The lowest BCUT2D eigenvalue weighted by Gasteiger charge is -2.16. The Morgan fingerprint density at radius 1 is 1.32 bits per heavy atom. The second-order valence-electron chi connectivity index (χ2n) is 6.06. The van der Waals surface area contributed by atoms with Crippen LogP contribution in [0.1, 0.15) is 36.8 Å². The maximum atomic E-state index is 12.2. The number of rotatable bonds is 4. The Morgan fingerprint density at radius 2 is 2.00 bits per heavy atom. The topological polar surface area (TPSA) is 115 Å². The second-order valence-corrected chi connectivity index (χ2v) is 7.63. The van der Waals surface area contributed by atoms with Crippen molar-refractivity contribution in [2.24, 2.45) is 16.8 Å². The molecule has 1 aromatic rings. The summed E-state index contributed by atoms with van der Waals surface area (Å²) in [6.45, 7) is 3.62. The van der Waals surface area contributed by atoms with E-state index in [2.05, 4.69) is 5.32 Å². The summed E-state index contributed by atoms with van der Waals surface area (Å²) in [7, 11) is -3.80. The van der Waals surface area contributed by atoms with E-state index in [-0.39, 0.29) is 22.8 Å². The Balaban J connectivity index is 2.18. The van der Waals surface area contributed by atoms with Crippen molar-refractivity contribution < 1.29 is 13.2 Å². The number of hydrogen-bond acceptors (Lipinski definition) is 4. The van der Waals surface area contributed by atoms with Crippen LogP contribution >= 0.6 is 0 Å². The van der Waals surface area contributed by atoms with Crippen molar-refractivity contribution >= 4 is 21.6 Å². The zero-order valence-electron chi connectivity index (χ0n) is 12.9. The fourth-order valence-electron chi connectivity index (χ4n) is 2.88. The number of amides is 1. The van der Waals surface area contributed by atoms with Crippen LogP contribution in [0.5, 0.6) is 0 Å². The zero-order valence-corrected chi connectivity index (χ0v) is 13.7. The number of anilines is 1. The Morgan fingerprint density at radius 3 is 2.55 bits per heavy atom. The zero-order chi connectivity index (χ0) is 16.5. The number of aryl methyl sites for hydroxylation is 1. The van der Waals surface area contributed by atoms with Crippen LogP contribution in [0.4, 0.5) is 5.69 Å². The number of sulfonamides is 1. The van der Waals surface area contributed by atoms with Crippen LogP contribution in [0.25, 0.3) is 0 Å². The molecule has 1 aromatic carbocycles. The van der Waals surface area contributed by atoms with Gasteiger partial charge in [0.15, 0.2) is 0 Å². The van der Waals surface area contributed by atoms with E-state index >= 15 is 0 Å². The standard InChI is InChI=1S/C15H23N3O3S/c1-9-6-12(22(17,20)21)8-14(10(9)2)18-15(19)7-11-4-3-5-13(11)16/h6,8,11,13H,3-5,7,16H2,1-2H3,(H,18,19)(H2,17,20,21)/t11-,13+/m0/s1. The van der Waals surface area contributed by atoms with E-state index < -0.39 is 10.0 Å². The highest BCUT2D eigenvalue weighted by Crippen LogP contribution is 2.28. The lowest BCUT2D eigenvalue weighted by molar-refractivity contribution is -0.117. The van der Waals surface area contributed by atoms with Gasteiger partial charge in [-0.2, -0.15) is 0 Å². The Labute approximate surface area is 131 Å². The molecule has 7 heteroatoms. The average molecular weight is 325 g/mol. The second kappa shape index (κ2) is 6.36. The van der Waals surface area contributed by atoms with Crippen LogP contribution in [0.3, 0.4) is 0 Å². The summed E-state index contributed by atoms with van der Waals surface area (Å²) in [5, 5.41) is 7.97. The Hall–Kier alpha value is -1.44. The lowest BCUT2D eigenvalue weighted by Crippen LogP contribution is -2.28. The van der Waals surface area contributed by atoms with Crippen molar-refractivity contribution in [3.05, 3.63) is 23.3 Å². The van der Waals surface area contributed by atoms with Gasteiger partial charge >= 0.3 is 0 Å². The molecule has 0 aliphatic heterocycles. The largest absolute Gasteiger partial charge is 0.327 e. The summed E-state index contributed by atoms with van der Waals surface area (Å²) in [6, 6.07) is 2.99. The SMILES string of the molecule is Cc1cc(S(N)(=O)=O)cc(NC(=O)C[C@@H]2CCC[C@H]2N)c1C. The molecule has 22 heavy (non-hydrogen) atoms. The van der Waals surface area contributed by atoms with Crippen LogP contribution in [-0.2, 0) is 14.8 Å². The van der Waals surface area contributed by atoms with Crippen LogP contribution in [0.2, 0.25) is 0 Å². The molecule has 1 fully saturated rings. The third kappa shape index (κ3) is 3.85. The van der Waals surface area contributed by atoms with Gasteiger partial charge in [-0.25, -0.2) is 13.6 Å². The lowest BCUT2D eigenvalue weighted by atomic mass is 9.99. The van der Waals surface area contributed by atoms with Crippen LogP contribution in [-0.4, -0.2) is 20.4 Å². The van der Waals surface area contributed by atoms with Crippen LogP contribution in [0, 0.1) is 19.8 Å². The molecule has 2 atom stereocenters. The molecule has 0 radical (unpaired) electrons. The predicted octanol–water partition coefficient (Wildman–Crippen LogP) is 1.41. The van der Waals surface area contributed by atoms with Crippen LogP contribution in [0.15, 0.2) is 17.0 Å². The molecule has 5 N–H and O–H groups in total. The predicted molar refractivity (Wildman–Crippen MR) is 85.9 cm³/mol. The molecule has 0 saturated heterocycles. The van der Waals surface area contributed by atoms with Gasteiger partial charge in [0, 0.05) is 18.2 Å². The summed E-state index contributed by atoms with van der Waals surface area (Å²) in [5.41, 5.74) is 8.06. The normalized spacial score (nSPS) is 21.8. The first-order valence-corrected chi connectivity index (χ1v) is 8.92. The summed E-state index contributed by atoms with van der Waals surface area (Å²) in [4.78, 5) is 12.2. The number of primary sulfonamides is 1. The van der Waals surface area contributed by atoms with Gasteiger partial charge in [0.2, 0.25) is 15.9 Å². The Bertz CT molecular complexity index is 686. The molecule has 6 nitrogen and oxygen atoms in total. The minimum Gasteiger partial charge on any atom is -0.327 e. The van der Waals surface area contributed by atoms with Crippen molar-refractivity contribution in [2.75, 3.05) is 5.32 Å². The van der Waals surface area contributed by atoms with Gasteiger partial charge in [0.1, 0.15) is 0 Å². The summed E-state index contributed by atoms with van der Waals surface area (Å²) >= 11 is 0. The molecule has 0 unspecified atom stereocenters. The number of benzene rings is 1. The van der Waals surface area contributed by atoms with E-state index in [0.717, 1.165) is 30.4 Å². The molecule has 0 aromatic heterocycles. The Kier molecular flexibility index (Phi) is 4.89. The maximum Gasteiger partial charge on any atom is 0.238 e. The molecule has 0 spiro atoms. The smallest absolute Gasteiger partial charge is 0.238 e. The van der Waals surface area contributed by atoms with E-state index in [4.69, 9.17) is 10.9 Å². The maximum absolute atomic E-state index is 12.2. The fraction of sp³-hybridized carbons (Fsp3) is 0.533. The first-order chi connectivity index (χ1) is 10.2. The monoisotopic (exact) mass is 325 g/mol. The van der Waals surface area contributed by atoms with E-state index in [0.29, 0.717) is 12.1 Å². The molecule has 0 bridgehead atoms. The van der Waals surface area contributed by atoms with Crippen molar-refractivity contribution in [2.45, 2.75) is 50.5 Å². The van der Waals surface area contributed by atoms with Gasteiger partial charge in [0.05, 0.1) is 4.90 Å². The molecule has 1 saturated carbocycles. The first-order valence-electron chi connectivity index (χ1n) is 7.38. The number of carbonyl (C=O) groups excluding carboxylic acids is 1. The molecular weight excluding hydrogens is 302 g/mol. The quantitative estimate of drug-likeness (QED) is 0.776. The minimum absolute atomic E-state index is 0.00321.